The van der Waals surface area contributed by atoms with E-state index in [0.717, 1.165) is 0 Å². The molecule has 2 amide bonds. The van der Waals surface area contributed by atoms with E-state index in [2.05, 4.69) is 4.72 Å². The van der Waals surface area contributed by atoms with Crippen LogP contribution in [0.3, 0.4) is 0 Å². The van der Waals surface area contributed by atoms with Crippen LogP contribution in [0.4, 0.5) is 0 Å². The number of furan rings is 1. The normalized spacial score (nSPS) is 21.4. The first-order valence-corrected chi connectivity index (χ1v) is 11.5. The summed E-state index contributed by atoms with van der Waals surface area (Å²) in [5.41, 5.74) is 0.379. The zero-order chi connectivity index (χ0) is 21.5. The van der Waals surface area contributed by atoms with Crippen molar-refractivity contribution in [2.45, 2.75) is 30.5 Å². The third-order valence-corrected chi connectivity index (χ3v) is 6.97. The molecule has 1 unspecified atom stereocenters. The van der Waals surface area contributed by atoms with Crippen LogP contribution >= 0.6 is 11.6 Å². The second kappa shape index (κ2) is 8.18. The number of halogens is 1. The molecule has 1 aromatic heterocycles. The lowest BCUT2D eigenvalue weighted by Gasteiger charge is -2.32. The predicted octanol–water partition coefficient (Wildman–Crippen LogP) is 1.21. The molecular formula is C19H22ClN3O6S. The summed E-state index contributed by atoms with van der Waals surface area (Å²) in [6.45, 7) is 3.86. The largest absolute Gasteiger partial charge is 0.443 e. The summed E-state index contributed by atoms with van der Waals surface area (Å²) in [6, 6.07) is 4.53. The fourth-order valence-corrected chi connectivity index (χ4v) is 5.12. The monoisotopic (exact) mass is 455 g/mol. The number of hydrogen-bond donors (Lipinski definition) is 1. The van der Waals surface area contributed by atoms with Gasteiger partial charge in [-0.05, 0) is 31.5 Å². The van der Waals surface area contributed by atoms with Crippen molar-refractivity contribution in [3.05, 3.63) is 29.3 Å². The van der Waals surface area contributed by atoms with E-state index >= 15 is 0 Å². The number of hydrogen-bond acceptors (Lipinski definition) is 6. The molecule has 9 nitrogen and oxygen atoms in total. The first kappa shape index (κ1) is 21.1. The molecule has 0 spiro atoms. The molecule has 3 heterocycles. The number of benzene rings is 1. The van der Waals surface area contributed by atoms with E-state index in [1.165, 1.54) is 11.0 Å². The zero-order valence-corrected chi connectivity index (χ0v) is 17.9. The number of amides is 2. The van der Waals surface area contributed by atoms with Crippen LogP contribution in [-0.4, -0.2) is 75.0 Å². The Hall–Kier alpha value is -2.14. The molecule has 4 rings (SSSR count). The van der Waals surface area contributed by atoms with E-state index in [-0.39, 0.29) is 17.4 Å². The number of ether oxygens (including phenoxy) is 1. The summed E-state index contributed by atoms with van der Waals surface area (Å²) < 4.78 is 38.6. The summed E-state index contributed by atoms with van der Waals surface area (Å²) in [5.74, 6) is -0.587. The lowest BCUT2D eigenvalue weighted by molar-refractivity contribution is -0.146. The zero-order valence-electron chi connectivity index (χ0n) is 16.3. The van der Waals surface area contributed by atoms with E-state index in [1.54, 1.807) is 30.0 Å². The van der Waals surface area contributed by atoms with Crippen molar-refractivity contribution >= 4 is 44.4 Å². The van der Waals surface area contributed by atoms with Crippen LogP contribution in [0, 0.1) is 0 Å². The molecule has 30 heavy (non-hydrogen) atoms. The van der Waals surface area contributed by atoms with Gasteiger partial charge in [0.2, 0.25) is 16.9 Å². The maximum Gasteiger partial charge on any atom is 0.274 e. The molecule has 2 aliphatic heterocycles. The SMILES string of the molecule is C[C@@H](C(=O)N1CCOCC1)N1CCC(NS(=O)(=O)c2cc3cc(Cl)ccc3o2)C1=O. The summed E-state index contributed by atoms with van der Waals surface area (Å²) in [6.07, 6.45) is 0.269. The van der Waals surface area contributed by atoms with Crippen LogP contribution in [0.15, 0.2) is 33.8 Å². The van der Waals surface area contributed by atoms with Crippen LogP contribution in [0.2, 0.25) is 5.02 Å². The molecule has 0 saturated carbocycles. The van der Waals surface area contributed by atoms with Gasteiger partial charge in [-0.3, -0.25) is 9.59 Å². The molecule has 2 atom stereocenters. The first-order valence-electron chi connectivity index (χ1n) is 9.65. The molecule has 162 valence electrons. The first-order chi connectivity index (χ1) is 14.3. The van der Waals surface area contributed by atoms with Gasteiger partial charge in [0.05, 0.1) is 13.2 Å². The third kappa shape index (κ3) is 4.04. The minimum atomic E-state index is -4.06. The van der Waals surface area contributed by atoms with Gasteiger partial charge in [0.15, 0.2) is 0 Å². The molecule has 2 aromatic rings. The van der Waals surface area contributed by atoms with Gasteiger partial charge in [0.25, 0.3) is 10.0 Å². The minimum Gasteiger partial charge on any atom is -0.443 e. The second-order valence-corrected chi connectivity index (χ2v) is 9.44. The van der Waals surface area contributed by atoms with Crippen LogP contribution in [-0.2, 0) is 24.3 Å². The number of carbonyl (C=O) groups excluding carboxylic acids is 2. The fraction of sp³-hybridized carbons (Fsp3) is 0.474. The standard InChI is InChI=1S/C19H22ClN3O6S/c1-12(18(24)22-6-8-28-9-7-22)23-5-4-15(19(23)25)21-30(26,27)17-11-13-10-14(20)2-3-16(13)29-17/h2-3,10-12,15,21H,4-9H2,1H3/t12-,15?/m0/s1. The summed E-state index contributed by atoms with van der Waals surface area (Å²) >= 11 is 5.93. The molecular weight excluding hydrogens is 434 g/mol. The summed E-state index contributed by atoms with van der Waals surface area (Å²) in [7, 11) is -4.06. The average molecular weight is 456 g/mol. The quantitative estimate of drug-likeness (QED) is 0.725. The highest BCUT2D eigenvalue weighted by atomic mass is 35.5. The van der Waals surface area contributed by atoms with Crippen molar-refractivity contribution in [2.24, 2.45) is 0 Å². The molecule has 0 aliphatic carbocycles. The Labute approximate surface area is 178 Å². The van der Waals surface area contributed by atoms with Crippen LogP contribution in [0.25, 0.3) is 11.0 Å². The number of rotatable bonds is 5. The molecule has 11 heteroatoms. The van der Waals surface area contributed by atoms with E-state index in [4.69, 9.17) is 20.8 Å². The number of nitrogens with zero attached hydrogens (tertiary/aromatic N) is 2. The topological polar surface area (TPSA) is 109 Å². The Morgan fingerprint density at radius 2 is 1.97 bits per heavy atom. The van der Waals surface area contributed by atoms with Crippen molar-refractivity contribution < 1.29 is 27.2 Å². The van der Waals surface area contributed by atoms with Crippen LogP contribution < -0.4 is 4.72 Å². The van der Waals surface area contributed by atoms with Crippen molar-refractivity contribution in [3.63, 3.8) is 0 Å². The average Bonchev–Trinajstić information content (AvgIpc) is 3.31. The lowest BCUT2D eigenvalue weighted by atomic mass is 10.2. The van der Waals surface area contributed by atoms with Crippen LogP contribution in [0.1, 0.15) is 13.3 Å². The minimum absolute atomic E-state index is 0.163. The maximum absolute atomic E-state index is 12.8. The third-order valence-electron chi connectivity index (χ3n) is 5.41. The van der Waals surface area contributed by atoms with Crippen molar-refractivity contribution in [1.29, 1.82) is 0 Å². The Balaban J connectivity index is 1.45. The number of nitrogens with one attached hydrogen (secondary N) is 1. The molecule has 1 N–H and O–H groups in total. The molecule has 1 aromatic carbocycles. The highest BCUT2D eigenvalue weighted by Crippen LogP contribution is 2.26. The van der Waals surface area contributed by atoms with Gasteiger partial charge in [-0.15, -0.1) is 0 Å². The highest BCUT2D eigenvalue weighted by Gasteiger charge is 2.40. The van der Waals surface area contributed by atoms with E-state index in [9.17, 15) is 18.0 Å². The van der Waals surface area contributed by atoms with E-state index < -0.39 is 28.0 Å². The molecule has 2 saturated heterocycles. The van der Waals surface area contributed by atoms with E-state index in [0.29, 0.717) is 48.8 Å². The Morgan fingerprint density at radius 3 is 2.70 bits per heavy atom. The van der Waals surface area contributed by atoms with Gasteiger partial charge >= 0.3 is 0 Å². The second-order valence-electron chi connectivity index (χ2n) is 7.36. The molecule has 2 aliphatic rings. The number of carbonyl (C=O) groups is 2. The van der Waals surface area contributed by atoms with Gasteiger partial charge in [0.1, 0.15) is 17.7 Å². The fourth-order valence-electron chi connectivity index (χ4n) is 3.74. The van der Waals surface area contributed by atoms with Gasteiger partial charge < -0.3 is 19.0 Å². The number of sulfonamides is 1. The predicted molar refractivity (Wildman–Crippen MR) is 109 cm³/mol. The Bertz CT molecular complexity index is 1080. The van der Waals surface area contributed by atoms with Gasteiger partial charge in [0, 0.05) is 36.1 Å². The van der Waals surface area contributed by atoms with Crippen molar-refractivity contribution in [2.75, 3.05) is 32.8 Å². The number of likely N-dealkylation sites (tertiary alicyclic amines) is 1. The molecule has 0 radical (unpaired) electrons. The van der Waals surface area contributed by atoms with Gasteiger partial charge in [-0.1, -0.05) is 11.6 Å². The summed E-state index contributed by atoms with van der Waals surface area (Å²) in [4.78, 5) is 28.6. The molecule has 0 bridgehead atoms. The summed E-state index contributed by atoms with van der Waals surface area (Å²) in [5, 5.41) is 0.719. The smallest absolute Gasteiger partial charge is 0.274 e. The van der Waals surface area contributed by atoms with Gasteiger partial charge in [-0.2, -0.15) is 4.72 Å². The Morgan fingerprint density at radius 1 is 1.23 bits per heavy atom. The van der Waals surface area contributed by atoms with Crippen molar-refractivity contribution in [3.8, 4) is 0 Å². The highest BCUT2D eigenvalue weighted by molar-refractivity contribution is 7.89. The van der Waals surface area contributed by atoms with Crippen LogP contribution in [0.5, 0.6) is 0 Å². The van der Waals surface area contributed by atoms with Crippen molar-refractivity contribution in [1.82, 2.24) is 14.5 Å². The number of morpholine rings is 1. The number of fused-ring (bicyclic) bond motifs is 1. The molecule has 2 fully saturated rings. The maximum atomic E-state index is 12.8. The van der Waals surface area contributed by atoms with Gasteiger partial charge in [-0.25, -0.2) is 8.42 Å². The Kier molecular flexibility index (Phi) is 5.75. The van der Waals surface area contributed by atoms with E-state index in [1.807, 2.05) is 0 Å². The lowest BCUT2D eigenvalue weighted by Crippen LogP contribution is -2.52.